The Morgan fingerprint density at radius 2 is 2.20 bits per heavy atom. The number of hydrogen-bond donors (Lipinski definition) is 2. The van der Waals surface area contributed by atoms with Gasteiger partial charge in [0.05, 0.1) is 6.10 Å². The number of aliphatic hydroxyl groups is 1. The van der Waals surface area contributed by atoms with Gasteiger partial charge in [0.15, 0.2) is 0 Å². The zero-order chi connectivity index (χ0) is 10.4. The molecule has 0 saturated heterocycles. The van der Waals surface area contributed by atoms with Gasteiger partial charge in [0.25, 0.3) is 0 Å². The van der Waals surface area contributed by atoms with E-state index in [0.717, 1.165) is 12.1 Å². The van der Waals surface area contributed by atoms with Crippen molar-refractivity contribution in [3.8, 4) is 0 Å². The van der Waals surface area contributed by atoms with Gasteiger partial charge in [-0.3, -0.25) is 0 Å². The summed E-state index contributed by atoms with van der Waals surface area (Å²) >= 11 is 0. The molecule has 3 heteroatoms. The molecule has 2 N–H and O–H groups in total. The average molecular weight is 202 g/mol. The molecule has 2 heterocycles. The molecule has 0 aliphatic carbocycles. The van der Waals surface area contributed by atoms with Gasteiger partial charge in [-0.05, 0) is 6.07 Å². The molecule has 0 radical (unpaired) electrons. The Kier molecular flexibility index (Phi) is 1.84. The van der Waals surface area contributed by atoms with Crippen molar-refractivity contribution < 1.29 is 5.11 Å². The van der Waals surface area contributed by atoms with Crippen LogP contribution in [0, 0.1) is 0 Å². The van der Waals surface area contributed by atoms with Crippen molar-refractivity contribution in [1.29, 1.82) is 0 Å². The Balaban J connectivity index is 2.41. The molecule has 1 aliphatic heterocycles. The fourth-order valence-corrected chi connectivity index (χ4v) is 2.49. The summed E-state index contributed by atoms with van der Waals surface area (Å²) in [6, 6.07) is 8.24. The van der Waals surface area contributed by atoms with Crippen LogP contribution in [0.4, 0.5) is 0 Å². The number of nitrogens with one attached hydrogen (secondary N) is 1. The minimum Gasteiger partial charge on any atom is -0.387 e. The van der Waals surface area contributed by atoms with Gasteiger partial charge in [0, 0.05) is 42.3 Å². The Morgan fingerprint density at radius 1 is 1.40 bits per heavy atom. The first-order valence-corrected chi connectivity index (χ1v) is 5.24. The molecule has 0 spiro atoms. The first-order valence-electron chi connectivity index (χ1n) is 5.24. The Morgan fingerprint density at radius 3 is 3.07 bits per heavy atom. The smallest absolute Gasteiger partial charge is 0.0938 e. The van der Waals surface area contributed by atoms with Gasteiger partial charge in [-0.15, -0.1) is 0 Å². The van der Waals surface area contributed by atoms with Gasteiger partial charge in [-0.1, -0.05) is 18.2 Å². The van der Waals surface area contributed by atoms with Crippen LogP contribution in [0.1, 0.15) is 17.4 Å². The van der Waals surface area contributed by atoms with Crippen molar-refractivity contribution in [3.63, 3.8) is 0 Å². The minimum atomic E-state index is -0.375. The number of aromatic nitrogens is 1. The van der Waals surface area contributed by atoms with Gasteiger partial charge >= 0.3 is 0 Å². The van der Waals surface area contributed by atoms with E-state index < -0.39 is 0 Å². The molecule has 15 heavy (non-hydrogen) atoms. The lowest BCUT2D eigenvalue weighted by Crippen LogP contribution is -2.28. The Hall–Kier alpha value is -1.32. The monoisotopic (exact) mass is 202 g/mol. The van der Waals surface area contributed by atoms with E-state index in [1.54, 1.807) is 0 Å². The highest BCUT2D eigenvalue weighted by atomic mass is 16.3. The van der Waals surface area contributed by atoms with Gasteiger partial charge in [0.2, 0.25) is 0 Å². The van der Waals surface area contributed by atoms with Crippen LogP contribution in [0.5, 0.6) is 0 Å². The van der Waals surface area contributed by atoms with Gasteiger partial charge in [-0.2, -0.15) is 0 Å². The van der Waals surface area contributed by atoms with E-state index in [1.807, 2.05) is 12.1 Å². The third kappa shape index (κ3) is 1.14. The first kappa shape index (κ1) is 8.95. The third-order valence-electron chi connectivity index (χ3n) is 3.23. The molecule has 1 aliphatic rings. The number of rotatable bonds is 0. The summed E-state index contributed by atoms with van der Waals surface area (Å²) in [6.45, 7) is 1.50. The number of benzene rings is 1. The van der Waals surface area contributed by atoms with E-state index in [2.05, 4.69) is 29.1 Å². The van der Waals surface area contributed by atoms with Crippen molar-refractivity contribution in [3.05, 3.63) is 35.5 Å². The van der Waals surface area contributed by atoms with E-state index in [1.165, 1.54) is 16.6 Å². The van der Waals surface area contributed by atoms with Crippen molar-refractivity contribution in [1.82, 2.24) is 9.88 Å². The SMILES string of the molecule is Cn1c2c(c3ccccc31)C(O)CNC2. The maximum absolute atomic E-state index is 10.00. The minimum absolute atomic E-state index is 0.375. The van der Waals surface area contributed by atoms with Gasteiger partial charge in [-0.25, -0.2) is 0 Å². The van der Waals surface area contributed by atoms with Crippen LogP contribution in [0.15, 0.2) is 24.3 Å². The van der Waals surface area contributed by atoms with Crippen LogP contribution in [0.3, 0.4) is 0 Å². The zero-order valence-corrected chi connectivity index (χ0v) is 8.70. The number of para-hydroxylation sites is 1. The maximum Gasteiger partial charge on any atom is 0.0938 e. The summed E-state index contributed by atoms with van der Waals surface area (Å²) in [5.41, 5.74) is 3.51. The van der Waals surface area contributed by atoms with Crippen molar-refractivity contribution in [2.45, 2.75) is 12.6 Å². The molecule has 2 aromatic rings. The maximum atomic E-state index is 10.00. The summed E-state index contributed by atoms with van der Waals surface area (Å²) < 4.78 is 2.17. The van der Waals surface area contributed by atoms with E-state index in [0.29, 0.717) is 6.54 Å². The fourth-order valence-electron chi connectivity index (χ4n) is 2.49. The largest absolute Gasteiger partial charge is 0.387 e. The highest BCUT2D eigenvalue weighted by molar-refractivity contribution is 5.86. The molecule has 1 aromatic heterocycles. The Bertz CT molecular complexity index is 516. The van der Waals surface area contributed by atoms with Crippen LogP contribution < -0.4 is 5.32 Å². The standard InChI is InChI=1S/C12H14N2O/c1-14-9-5-3-2-4-8(9)12-10(14)6-13-7-11(12)15/h2-5,11,13,15H,6-7H2,1H3. The van der Waals surface area contributed by atoms with Crippen molar-refractivity contribution in [2.75, 3.05) is 6.54 Å². The van der Waals surface area contributed by atoms with E-state index in [4.69, 9.17) is 0 Å². The number of fused-ring (bicyclic) bond motifs is 3. The van der Waals surface area contributed by atoms with Crippen molar-refractivity contribution >= 4 is 10.9 Å². The van der Waals surface area contributed by atoms with E-state index in [-0.39, 0.29) is 6.10 Å². The summed E-state index contributed by atoms with van der Waals surface area (Å²) in [7, 11) is 2.06. The number of aryl methyl sites for hydroxylation is 1. The van der Waals surface area contributed by atoms with Crippen LogP contribution in [-0.4, -0.2) is 16.2 Å². The lowest BCUT2D eigenvalue weighted by molar-refractivity contribution is 0.165. The Labute approximate surface area is 88.3 Å². The molecular formula is C12H14N2O. The van der Waals surface area contributed by atoms with Crippen LogP contribution in [-0.2, 0) is 13.6 Å². The summed E-state index contributed by atoms with van der Waals surface area (Å²) in [5.74, 6) is 0. The number of hydrogen-bond acceptors (Lipinski definition) is 2. The molecule has 0 amide bonds. The van der Waals surface area contributed by atoms with Crippen LogP contribution >= 0.6 is 0 Å². The van der Waals surface area contributed by atoms with Gasteiger partial charge < -0.3 is 15.0 Å². The molecule has 0 saturated carbocycles. The molecule has 78 valence electrons. The second-order valence-electron chi connectivity index (χ2n) is 4.08. The lowest BCUT2D eigenvalue weighted by atomic mass is 10.0. The quantitative estimate of drug-likeness (QED) is 0.676. The topological polar surface area (TPSA) is 37.2 Å². The number of aliphatic hydroxyl groups excluding tert-OH is 1. The first-order chi connectivity index (χ1) is 7.29. The van der Waals surface area contributed by atoms with Gasteiger partial charge in [0.1, 0.15) is 0 Å². The summed E-state index contributed by atoms with van der Waals surface area (Å²) in [5, 5.41) is 14.4. The highest BCUT2D eigenvalue weighted by Gasteiger charge is 2.23. The fraction of sp³-hybridized carbons (Fsp3) is 0.333. The van der Waals surface area contributed by atoms with E-state index in [9.17, 15) is 5.11 Å². The second-order valence-corrected chi connectivity index (χ2v) is 4.08. The second kappa shape index (κ2) is 3.08. The summed E-state index contributed by atoms with van der Waals surface area (Å²) in [4.78, 5) is 0. The molecule has 3 rings (SSSR count). The highest BCUT2D eigenvalue weighted by Crippen LogP contribution is 2.32. The molecule has 0 bridgehead atoms. The molecular weight excluding hydrogens is 188 g/mol. The average Bonchev–Trinajstić information content (AvgIpc) is 2.55. The molecule has 0 fully saturated rings. The molecule has 1 atom stereocenters. The normalized spacial score (nSPS) is 20.5. The third-order valence-corrected chi connectivity index (χ3v) is 3.23. The van der Waals surface area contributed by atoms with Crippen LogP contribution in [0.25, 0.3) is 10.9 Å². The molecule has 3 nitrogen and oxygen atoms in total. The zero-order valence-electron chi connectivity index (χ0n) is 8.70. The number of nitrogens with zero attached hydrogens (tertiary/aromatic N) is 1. The molecule has 1 unspecified atom stereocenters. The lowest BCUT2D eigenvalue weighted by Gasteiger charge is -2.20. The predicted octanol–water partition coefficient (Wildman–Crippen LogP) is 1.31. The van der Waals surface area contributed by atoms with Crippen LogP contribution in [0.2, 0.25) is 0 Å². The van der Waals surface area contributed by atoms with Crippen molar-refractivity contribution in [2.24, 2.45) is 7.05 Å². The number of β-amino-alcohol motifs (C(OH)–C–C–N with tert-alkyl or cyclic N) is 1. The molecule has 1 aromatic carbocycles. The predicted molar refractivity (Wildman–Crippen MR) is 59.6 cm³/mol. The van der Waals surface area contributed by atoms with E-state index >= 15 is 0 Å². The summed E-state index contributed by atoms with van der Waals surface area (Å²) in [6.07, 6.45) is -0.375.